The Balaban J connectivity index is 1.98. The summed E-state index contributed by atoms with van der Waals surface area (Å²) in [5.74, 6) is -0.0386. The van der Waals surface area contributed by atoms with Crippen molar-refractivity contribution in [2.24, 2.45) is 0 Å². The molecule has 21 heavy (non-hydrogen) atoms. The van der Waals surface area contributed by atoms with Gasteiger partial charge in [-0.3, -0.25) is 14.8 Å². The summed E-state index contributed by atoms with van der Waals surface area (Å²) in [7, 11) is 1.78. The quantitative estimate of drug-likeness (QED) is 0.722. The van der Waals surface area contributed by atoms with E-state index in [2.05, 4.69) is 9.97 Å². The molecule has 0 N–H and O–H groups in total. The van der Waals surface area contributed by atoms with Crippen molar-refractivity contribution in [1.82, 2.24) is 9.97 Å². The predicted molar refractivity (Wildman–Crippen MR) is 83.5 cm³/mol. The molecule has 3 aromatic rings. The van der Waals surface area contributed by atoms with Gasteiger partial charge >= 0.3 is 0 Å². The third-order valence-corrected chi connectivity index (χ3v) is 3.57. The van der Waals surface area contributed by atoms with Gasteiger partial charge in [0.25, 0.3) is 5.91 Å². The molecule has 0 bridgehead atoms. The Labute approximate surface area is 123 Å². The van der Waals surface area contributed by atoms with E-state index in [1.54, 1.807) is 36.6 Å². The van der Waals surface area contributed by atoms with Crippen LogP contribution in [0.3, 0.4) is 0 Å². The summed E-state index contributed by atoms with van der Waals surface area (Å²) in [6.07, 6.45) is 6.90. The second kappa shape index (κ2) is 5.32. The van der Waals surface area contributed by atoms with Crippen LogP contribution < -0.4 is 4.90 Å². The minimum absolute atomic E-state index is 0.0386. The lowest BCUT2D eigenvalue weighted by molar-refractivity contribution is 0.0992. The maximum absolute atomic E-state index is 12.6. The van der Waals surface area contributed by atoms with Gasteiger partial charge in [-0.25, -0.2) is 0 Å². The first-order valence-corrected chi connectivity index (χ1v) is 6.69. The summed E-state index contributed by atoms with van der Waals surface area (Å²) < 4.78 is 0. The number of benzene rings is 1. The number of fused-ring (bicyclic) bond motifs is 1. The number of aryl methyl sites for hydroxylation is 1. The lowest BCUT2D eigenvalue weighted by Gasteiger charge is -2.18. The van der Waals surface area contributed by atoms with Crippen LogP contribution in [0.2, 0.25) is 0 Å². The van der Waals surface area contributed by atoms with Gasteiger partial charge in [-0.2, -0.15) is 0 Å². The number of amides is 1. The average molecular weight is 277 g/mol. The Morgan fingerprint density at radius 2 is 1.76 bits per heavy atom. The van der Waals surface area contributed by atoms with Gasteiger partial charge in [-0.15, -0.1) is 0 Å². The Kier molecular flexibility index (Phi) is 3.36. The van der Waals surface area contributed by atoms with Gasteiger partial charge in [0.15, 0.2) is 0 Å². The van der Waals surface area contributed by atoms with Gasteiger partial charge < -0.3 is 4.90 Å². The number of anilines is 1. The smallest absolute Gasteiger partial charge is 0.258 e. The highest BCUT2D eigenvalue weighted by Crippen LogP contribution is 2.22. The molecule has 0 radical (unpaired) electrons. The van der Waals surface area contributed by atoms with E-state index in [4.69, 9.17) is 0 Å². The number of hydrogen-bond acceptors (Lipinski definition) is 3. The van der Waals surface area contributed by atoms with Crippen LogP contribution in [0.1, 0.15) is 15.9 Å². The van der Waals surface area contributed by atoms with Gasteiger partial charge in [0.05, 0.1) is 0 Å². The van der Waals surface area contributed by atoms with Gasteiger partial charge in [-0.05, 0) is 42.1 Å². The Morgan fingerprint density at radius 3 is 2.57 bits per heavy atom. The molecule has 0 saturated heterocycles. The molecule has 0 aliphatic carbocycles. The molecule has 4 nitrogen and oxygen atoms in total. The Hall–Kier alpha value is -2.75. The number of aromatic nitrogens is 2. The molecule has 104 valence electrons. The minimum atomic E-state index is -0.0386. The summed E-state index contributed by atoms with van der Waals surface area (Å²) in [4.78, 5) is 22.4. The highest BCUT2D eigenvalue weighted by Gasteiger charge is 2.15. The third kappa shape index (κ3) is 2.48. The molecule has 0 aliphatic heterocycles. The fraction of sp³-hybridized carbons (Fsp3) is 0.118. The van der Waals surface area contributed by atoms with Crippen molar-refractivity contribution in [3.8, 4) is 0 Å². The first kappa shape index (κ1) is 13.2. The van der Waals surface area contributed by atoms with Crippen LogP contribution in [0, 0.1) is 6.92 Å². The zero-order valence-corrected chi connectivity index (χ0v) is 11.9. The molecule has 0 fully saturated rings. The number of rotatable bonds is 2. The van der Waals surface area contributed by atoms with E-state index in [1.165, 1.54) is 0 Å². The first-order chi connectivity index (χ1) is 10.2. The molecular formula is C17H15N3O. The largest absolute Gasteiger partial charge is 0.311 e. The standard InChI is InChI=1S/C17H15N3O/c1-12-10-18-8-6-16(12)17(21)20(2)15-4-3-14-11-19-7-5-13(14)9-15/h3-11H,1-2H3. The van der Waals surface area contributed by atoms with Crippen molar-refractivity contribution >= 4 is 22.4 Å². The number of pyridine rings is 2. The lowest BCUT2D eigenvalue weighted by Crippen LogP contribution is -2.26. The van der Waals surface area contributed by atoms with Gasteiger partial charge in [0.1, 0.15) is 0 Å². The second-order valence-corrected chi connectivity index (χ2v) is 4.96. The molecular weight excluding hydrogens is 262 g/mol. The van der Waals surface area contributed by atoms with Crippen LogP contribution in [0.4, 0.5) is 5.69 Å². The normalized spacial score (nSPS) is 10.6. The zero-order valence-electron chi connectivity index (χ0n) is 11.9. The fourth-order valence-corrected chi connectivity index (χ4v) is 2.29. The summed E-state index contributed by atoms with van der Waals surface area (Å²) in [6, 6.07) is 9.58. The van der Waals surface area contributed by atoms with Crippen molar-refractivity contribution in [2.45, 2.75) is 6.92 Å². The van der Waals surface area contributed by atoms with Crippen LogP contribution in [-0.4, -0.2) is 22.9 Å². The SMILES string of the molecule is Cc1cnccc1C(=O)N(C)c1ccc2cnccc2c1. The van der Waals surface area contributed by atoms with Crippen LogP contribution in [0.5, 0.6) is 0 Å². The van der Waals surface area contributed by atoms with Gasteiger partial charge in [0.2, 0.25) is 0 Å². The van der Waals surface area contributed by atoms with E-state index >= 15 is 0 Å². The molecule has 0 spiro atoms. The minimum Gasteiger partial charge on any atom is -0.311 e. The highest BCUT2D eigenvalue weighted by molar-refractivity contribution is 6.07. The molecule has 2 aromatic heterocycles. The van der Waals surface area contributed by atoms with Crippen LogP contribution in [0.25, 0.3) is 10.8 Å². The van der Waals surface area contributed by atoms with E-state index in [1.807, 2.05) is 37.4 Å². The van der Waals surface area contributed by atoms with Crippen LogP contribution in [0.15, 0.2) is 55.1 Å². The van der Waals surface area contributed by atoms with Crippen molar-refractivity contribution in [3.05, 3.63) is 66.2 Å². The molecule has 0 unspecified atom stereocenters. The van der Waals surface area contributed by atoms with Crippen LogP contribution >= 0.6 is 0 Å². The highest BCUT2D eigenvalue weighted by atomic mass is 16.2. The molecule has 0 aliphatic rings. The molecule has 1 amide bonds. The Bertz CT molecular complexity index is 814. The van der Waals surface area contributed by atoms with Gasteiger partial charge in [-0.1, -0.05) is 6.07 Å². The van der Waals surface area contributed by atoms with Crippen molar-refractivity contribution in [2.75, 3.05) is 11.9 Å². The van der Waals surface area contributed by atoms with Gasteiger partial charge in [0, 0.05) is 48.5 Å². The zero-order chi connectivity index (χ0) is 14.8. The van der Waals surface area contributed by atoms with Crippen molar-refractivity contribution in [3.63, 3.8) is 0 Å². The van der Waals surface area contributed by atoms with E-state index in [9.17, 15) is 4.79 Å². The molecule has 2 heterocycles. The van der Waals surface area contributed by atoms with Crippen molar-refractivity contribution < 1.29 is 4.79 Å². The molecule has 3 rings (SSSR count). The number of carbonyl (C=O) groups is 1. The fourth-order valence-electron chi connectivity index (χ4n) is 2.29. The number of carbonyl (C=O) groups excluding carboxylic acids is 1. The molecule has 1 aromatic carbocycles. The number of nitrogens with zero attached hydrogens (tertiary/aromatic N) is 3. The van der Waals surface area contributed by atoms with Crippen molar-refractivity contribution in [1.29, 1.82) is 0 Å². The average Bonchev–Trinajstić information content (AvgIpc) is 2.53. The topological polar surface area (TPSA) is 46.1 Å². The monoisotopic (exact) mass is 277 g/mol. The van der Waals surface area contributed by atoms with E-state index < -0.39 is 0 Å². The van der Waals surface area contributed by atoms with Crippen LogP contribution in [-0.2, 0) is 0 Å². The predicted octanol–water partition coefficient (Wildman–Crippen LogP) is 3.21. The Morgan fingerprint density at radius 1 is 1.00 bits per heavy atom. The van der Waals surface area contributed by atoms with E-state index in [0.29, 0.717) is 5.56 Å². The molecule has 0 saturated carbocycles. The summed E-state index contributed by atoms with van der Waals surface area (Å²) in [6.45, 7) is 1.89. The first-order valence-electron chi connectivity index (χ1n) is 6.69. The van der Waals surface area contributed by atoms with E-state index in [-0.39, 0.29) is 5.91 Å². The molecule has 0 atom stereocenters. The second-order valence-electron chi connectivity index (χ2n) is 4.96. The summed E-state index contributed by atoms with van der Waals surface area (Å²) in [5, 5.41) is 2.12. The summed E-state index contributed by atoms with van der Waals surface area (Å²) >= 11 is 0. The van der Waals surface area contributed by atoms with E-state index in [0.717, 1.165) is 22.0 Å². The third-order valence-electron chi connectivity index (χ3n) is 3.57. The maximum Gasteiger partial charge on any atom is 0.258 e. The lowest BCUT2D eigenvalue weighted by atomic mass is 10.1. The molecule has 4 heteroatoms. The maximum atomic E-state index is 12.6. The number of hydrogen-bond donors (Lipinski definition) is 0. The summed E-state index contributed by atoms with van der Waals surface area (Å²) in [5.41, 5.74) is 2.40.